The second-order valence-electron chi connectivity index (χ2n) is 4.98. The van der Waals surface area contributed by atoms with Crippen LogP contribution in [0, 0.1) is 11.7 Å². The monoisotopic (exact) mass is 235 g/mol. The van der Waals surface area contributed by atoms with Gasteiger partial charge in [0.1, 0.15) is 5.82 Å². The van der Waals surface area contributed by atoms with Crippen LogP contribution in [0.15, 0.2) is 24.3 Å². The first-order valence-electron chi connectivity index (χ1n) is 6.08. The number of rotatable bonds is 6. The molecule has 2 nitrogen and oxygen atoms in total. The van der Waals surface area contributed by atoms with E-state index in [1.165, 1.54) is 25.0 Å². The van der Waals surface area contributed by atoms with Gasteiger partial charge in [-0.15, -0.1) is 0 Å². The molecule has 0 saturated heterocycles. The van der Waals surface area contributed by atoms with Crippen LogP contribution >= 0.6 is 0 Å². The Kier molecular flexibility index (Phi) is 3.89. The maximum absolute atomic E-state index is 12.7. The number of likely N-dealkylation sites (N-methyl/N-ethyl adjacent to an activating group) is 1. The minimum absolute atomic E-state index is 0.194. The van der Waals surface area contributed by atoms with Crippen LogP contribution in [0.25, 0.3) is 0 Å². The van der Waals surface area contributed by atoms with Gasteiger partial charge in [0, 0.05) is 13.0 Å². The Labute approximate surface area is 101 Å². The number of benzene rings is 1. The molecule has 1 aliphatic rings. The van der Waals surface area contributed by atoms with Crippen LogP contribution in [0.4, 0.5) is 4.39 Å². The van der Waals surface area contributed by atoms with E-state index in [4.69, 9.17) is 0 Å². The van der Waals surface area contributed by atoms with Crippen LogP contribution in [0.5, 0.6) is 0 Å². The maximum Gasteiger partial charge on any atom is 0.151 e. The molecule has 0 spiro atoms. The van der Waals surface area contributed by atoms with Gasteiger partial charge in [-0.2, -0.15) is 0 Å². The topological polar surface area (TPSA) is 20.3 Å². The van der Waals surface area contributed by atoms with Gasteiger partial charge >= 0.3 is 0 Å². The van der Waals surface area contributed by atoms with Crippen molar-refractivity contribution in [3.05, 3.63) is 35.6 Å². The zero-order valence-corrected chi connectivity index (χ0v) is 10.2. The first-order valence-corrected chi connectivity index (χ1v) is 6.08. The molecule has 0 radical (unpaired) electrons. The molecule has 0 bridgehead atoms. The molecule has 0 amide bonds. The molecule has 2 rings (SSSR count). The molecule has 1 fully saturated rings. The number of hydrogen-bond acceptors (Lipinski definition) is 2. The highest BCUT2D eigenvalue weighted by atomic mass is 19.1. The highest BCUT2D eigenvalue weighted by Gasteiger charge is 2.23. The Morgan fingerprint density at radius 2 is 2.00 bits per heavy atom. The minimum atomic E-state index is -0.257. The Morgan fingerprint density at radius 3 is 2.59 bits per heavy atom. The fraction of sp³-hybridized carbons (Fsp3) is 0.500. The highest BCUT2D eigenvalue weighted by molar-refractivity contribution is 5.82. The van der Waals surface area contributed by atoms with Gasteiger partial charge in [-0.25, -0.2) is 4.39 Å². The normalized spacial score (nSPS) is 15.2. The van der Waals surface area contributed by atoms with Gasteiger partial charge in [-0.1, -0.05) is 12.1 Å². The van der Waals surface area contributed by atoms with E-state index in [0.717, 1.165) is 18.0 Å². The summed E-state index contributed by atoms with van der Waals surface area (Å²) in [5.41, 5.74) is 0.885. The van der Waals surface area contributed by atoms with E-state index >= 15 is 0 Å². The summed E-state index contributed by atoms with van der Waals surface area (Å²) in [5.74, 6) is 0.741. The van der Waals surface area contributed by atoms with Crippen LogP contribution < -0.4 is 0 Å². The SMILES string of the molecule is CN(CC(=O)Cc1ccc(F)cc1)CC1CC1. The van der Waals surface area contributed by atoms with Crippen molar-refractivity contribution < 1.29 is 9.18 Å². The van der Waals surface area contributed by atoms with E-state index in [1.807, 2.05) is 7.05 Å². The number of ketones is 1. The molecule has 0 N–H and O–H groups in total. The standard InChI is InChI=1S/C14H18FNO/c1-16(9-12-2-3-12)10-14(17)8-11-4-6-13(15)7-5-11/h4-7,12H,2-3,8-10H2,1H3. The fourth-order valence-corrected chi connectivity index (χ4v) is 1.99. The van der Waals surface area contributed by atoms with Crippen molar-refractivity contribution in [1.82, 2.24) is 4.90 Å². The Bertz CT molecular complexity index is 384. The lowest BCUT2D eigenvalue weighted by molar-refractivity contribution is -0.119. The number of carbonyl (C=O) groups excluding carboxylic acids is 1. The van der Waals surface area contributed by atoms with Crippen molar-refractivity contribution in [2.45, 2.75) is 19.3 Å². The number of carbonyl (C=O) groups is 1. The quantitative estimate of drug-likeness (QED) is 0.754. The summed E-state index contributed by atoms with van der Waals surface area (Å²) in [6.45, 7) is 1.52. The average Bonchev–Trinajstić information content (AvgIpc) is 3.05. The third-order valence-electron chi connectivity index (χ3n) is 3.03. The van der Waals surface area contributed by atoms with Gasteiger partial charge in [-0.3, -0.25) is 9.69 Å². The van der Waals surface area contributed by atoms with Crippen LogP contribution in [-0.2, 0) is 11.2 Å². The van der Waals surface area contributed by atoms with Gasteiger partial charge in [-0.05, 0) is 43.5 Å². The van der Waals surface area contributed by atoms with E-state index in [2.05, 4.69) is 4.90 Å². The molecular formula is C14H18FNO. The van der Waals surface area contributed by atoms with Gasteiger partial charge in [0.15, 0.2) is 5.78 Å². The summed E-state index contributed by atoms with van der Waals surface area (Å²) >= 11 is 0. The van der Waals surface area contributed by atoms with E-state index in [-0.39, 0.29) is 11.6 Å². The van der Waals surface area contributed by atoms with Crippen molar-refractivity contribution in [1.29, 1.82) is 0 Å². The third kappa shape index (κ3) is 4.27. The zero-order valence-electron chi connectivity index (χ0n) is 10.2. The van der Waals surface area contributed by atoms with Gasteiger partial charge in [0.2, 0.25) is 0 Å². The predicted molar refractivity (Wildman–Crippen MR) is 65.3 cm³/mol. The van der Waals surface area contributed by atoms with Crippen LogP contribution in [0.2, 0.25) is 0 Å². The van der Waals surface area contributed by atoms with Gasteiger partial charge < -0.3 is 0 Å². The molecule has 1 aromatic rings. The Balaban J connectivity index is 1.77. The number of hydrogen-bond donors (Lipinski definition) is 0. The molecule has 92 valence electrons. The van der Waals surface area contributed by atoms with Crippen LogP contribution in [0.1, 0.15) is 18.4 Å². The van der Waals surface area contributed by atoms with E-state index in [0.29, 0.717) is 13.0 Å². The largest absolute Gasteiger partial charge is 0.299 e. The van der Waals surface area contributed by atoms with Crippen LogP contribution in [-0.4, -0.2) is 30.8 Å². The summed E-state index contributed by atoms with van der Waals surface area (Å²) in [5, 5.41) is 0. The first-order chi connectivity index (χ1) is 8.13. The second-order valence-corrected chi connectivity index (χ2v) is 4.98. The fourth-order valence-electron chi connectivity index (χ4n) is 1.99. The summed E-state index contributed by atoms with van der Waals surface area (Å²) in [6.07, 6.45) is 3.00. The van der Waals surface area contributed by atoms with E-state index in [9.17, 15) is 9.18 Å². The van der Waals surface area contributed by atoms with E-state index in [1.54, 1.807) is 12.1 Å². The number of halogens is 1. The predicted octanol–water partition coefficient (Wildman–Crippen LogP) is 2.28. The zero-order chi connectivity index (χ0) is 12.3. The van der Waals surface area contributed by atoms with Gasteiger partial charge in [0.05, 0.1) is 6.54 Å². The van der Waals surface area contributed by atoms with Crippen molar-refractivity contribution in [3.63, 3.8) is 0 Å². The molecule has 17 heavy (non-hydrogen) atoms. The summed E-state index contributed by atoms with van der Waals surface area (Å²) < 4.78 is 12.7. The summed E-state index contributed by atoms with van der Waals surface area (Å²) in [4.78, 5) is 13.9. The molecule has 0 aliphatic heterocycles. The number of nitrogens with zero attached hydrogens (tertiary/aromatic N) is 1. The highest BCUT2D eigenvalue weighted by Crippen LogP contribution is 2.29. The average molecular weight is 235 g/mol. The van der Waals surface area contributed by atoms with Crippen molar-refractivity contribution in [3.8, 4) is 0 Å². The molecular weight excluding hydrogens is 217 g/mol. The molecule has 0 aromatic heterocycles. The van der Waals surface area contributed by atoms with Gasteiger partial charge in [0.25, 0.3) is 0 Å². The lowest BCUT2D eigenvalue weighted by atomic mass is 10.1. The lowest BCUT2D eigenvalue weighted by Crippen LogP contribution is -2.28. The van der Waals surface area contributed by atoms with Crippen molar-refractivity contribution in [2.24, 2.45) is 5.92 Å². The van der Waals surface area contributed by atoms with Crippen molar-refractivity contribution in [2.75, 3.05) is 20.1 Å². The molecule has 0 heterocycles. The minimum Gasteiger partial charge on any atom is -0.299 e. The third-order valence-corrected chi connectivity index (χ3v) is 3.03. The first kappa shape index (κ1) is 12.2. The van der Waals surface area contributed by atoms with Crippen LogP contribution in [0.3, 0.4) is 0 Å². The second kappa shape index (κ2) is 5.41. The maximum atomic E-state index is 12.7. The summed E-state index contributed by atoms with van der Waals surface area (Å²) in [7, 11) is 1.99. The number of Topliss-reactive ketones (excluding diaryl/α,β-unsaturated/α-hetero) is 1. The van der Waals surface area contributed by atoms with E-state index < -0.39 is 0 Å². The molecule has 1 aliphatic carbocycles. The smallest absolute Gasteiger partial charge is 0.151 e. The molecule has 1 saturated carbocycles. The molecule has 0 atom stereocenters. The Hall–Kier alpha value is -1.22. The lowest BCUT2D eigenvalue weighted by Gasteiger charge is -2.14. The van der Waals surface area contributed by atoms with Crippen molar-refractivity contribution >= 4 is 5.78 Å². The molecule has 1 aromatic carbocycles. The Morgan fingerprint density at radius 1 is 1.35 bits per heavy atom. The summed E-state index contributed by atoms with van der Waals surface area (Å²) in [6, 6.07) is 6.15. The molecule has 0 unspecified atom stereocenters. The molecule has 3 heteroatoms.